The summed E-state index contributed by atoms with van der Waals surface area (Å²) in [6.07, 6.45) is 5.27. The molecule has 9 nitrogen and oxygen atoms in total. The molecule has 1 aliphatic carbocycles. The average molecular weight is 539 g/mol. The van der Waals surface area contributed by atoms with Crippen molar-refractivity contribution in [3.63, 3.8) is 0 Å². The maximum atomic E-state index is 13.5. The van der Waals surface area contributed by atoms with Crippen molar-refractivity contribution in [1.29, 1.82) is 0 Å². The first kappa shape index (κ1) is 26.3. The number of aryl methyl sites for hydroxylation is 3. The average Bonchev–Trinajstić information content (AvgIpc) is 3.55. The van der Waals surface area contributed by atoms with Crippen LogP contribution in [0.25, 0.3) is 5.78 Å². The first-order valence-corrected chi connectivity index (χ1v) is 13.4. The number of hydrogen-bond acceptors (Lipinski definition) is 8. The SMILES string of the molecule is COC(=O)c1ccc(CCC2(C3CCCC3)CC(=O)C(Cc3nc4nc(C)cc(C)n4n3)C(=O)O2)cc1Cl. The zero-order valence-electron chi connectivity index (χ0n) is 21.8. The molecular formula is C28H31ClN4O5. The van der Waals surface area contributed by atoms with Gasteiger partial charge in [-0.05, 0) is 69.2 Å². The van der Waals surface area contributed by atoms with Crippen LogP contribution < -0.4 is 0 Å². The van der Waals surface area contributed by atoms with Crippen molar-refractivity contribution in [3.05, 3.63) is 57.6 Å². The first-order chi connectivity index (χ1) is 18.2. The Hall–Kier alpha value is -3.33. The lowest BCUT2D eigenvalue weighted by atomic mass is 9.73. The molecule has 0 bridgehead atoms. The zero-order chi connectivity index (χ0) is 27.0. The Kier molecular flexibility index (Phi) is 7.22. The van der Waals surface area contributed by atoms with Crippen molar-refractivity contribution < 1.29 is 23.9 Å². The number of cyclic esters (lactones) is 1. The number of ketones is 1. The Morgan fingerprint density at radius 2 is 1.95 bits per heavy atom. The zero-order valence-corrected chi connectivity index (χ0v) is 22.6. The Bertz CT molecular complexity index is 1390. The van der Waals surface area contributed by atoms with E-state index in [0.717, 1.165) is 42.6 Å². The van der Waals surface area contributed by atoms with Gasteiger partial charge in [-0.2, -0.15) is 4.98 Å². The Labute approximate surface area is 225 Å². The van der Waals surface area contributed by atoms with Crippen LogP contribution in [0.4, 0.5) is 0 Å². The predicted octanol–water partition coefficient (Wildman–Crippen LogP) is 4.42. The predicted molar refractivity (Wildman–Crippen MR) is 139 cm³/mol. The number of ether oxygens (including phenoxy) is 2. The van der Waals surface area contributed by atoms with E-state index >= 15 is 0 Å². The second-order valence-corrected chi connectivity index (χ2v) is 10.9. The molecule has 1 saturated carbocycles. The number of carbonyl (C=O) groups is 3. The summed E-state index contributed by atoms with van der Waals surface area (Å²) in [5.74, 6) is -1.09. The minimum Gasteiger partial charge on any atom is -0.465 e. The maximum absolute atomic E-state index is 13.5. The lowest BCUT2D eigenvalue weighted by molar-refractivity contribution is -0.185. The summed E-state index contributed by atoms with van der Waals surface area (Å²) in [6, 6.07) is 7.10. The van der Waals surface area contributed by atoms with Crippen LogP contribution in [-0.2, 0) is 31.9 Å². The topological polar surface area (TPSA) is 113 Å². The molecule has 1 aliphatic heterocycles. The van der Waals surface area contributed by atoms with E-state index < -0.39 is 23.5 Å². The van der Waals surface area contributed by atoms with Crippen molar-refractivity contribution in [2.75, 3.05) is 7.11 Å². The van der Waals surface area contributed by atoms with Gasteiger partial charge in [0.1, 0.15) is 11.5 Å². The fourth-order valence-electron chi connectivity index (χ4n) is 5.90. The molecule has 0 amide bonds. The van der Waals surface area contributed by atoms with Crippen molar-refractivity contribution in [3.8, 4) is 0 Å². The number of halogens is 1. The van der Waals surface area contributed by atoms with Gasteiger partial charge in [0.2, 0.25) is 0 Å². The fraction of sp³-hybridized carbons (Fsp3) is 0.500. The number of fused-ring (bicyclic) bond motifs is 1. The van der Waals surface area contributed by atoms with Crippen LogP contribution in [0.2, 0.25) is 5.02 Å². The number of benzene rings is 1. The highest BCUT2D eigenvalue weighted by atomic mass is 35.5. The molecule has 0 N–H and O–H groups in total. The molecule has 5 rings (SSSR count). The van der Waals surface area contributed by atoms with E-state index in [9.17, 15) is 14.4 Å². The molecule has 10 heteroatoms. The van der Waals surface area contributed by atoms with Crippen molar-refractivity contribution in [2.45, 2.75) is 70.8 Å². The Morgan fingerprint density at radius 3 is 2.63 bits per heavy atom. The van der Waals surface area contributed by atoms with E-state index in [0.29, 0.717) is 35.0 Å². The minimum absolute atomic E-state index is 0.0882. The molecule has 3 aromatic rings. The van der Waals surface area contributed by atoms with E-state index in [1.54, 1.807) is 16.6 Å². The van der Waals surface area contributed by atoms with Crippen LogP contribution in [0, 0.1) is 25.7 Å². The largest absolute Gasteiger partial charge is 0.465 e. The summed E-state index contributed by atoms with van der Waals surface area (Å²) >= 11 is 6.32. The van der Waals surface area contributed by atoms with Gasteiger partial charge in [-0.25, -0.2) is 14.3 Å². The van der Waals surface area contributed by atoms with Crippen molar-refractivity contribution in [1.82, 2.24) is 19.6 Å². The third-order valence-corrected chi connectivity index (χ3v) is 8.19. The Balaban J connectivity index is 1.34. The Morgan fingerprint density at radius 1 is 1.18 bits per heavy atom. The van der Waals surface area contributed by atoms with Crippen LogP contribution >= 0.6 is 11.6 Å². The molecule has 2 aromatic heterocycles. The highest BCUT2D eigenvalue weighted by molar-refractivity contribution is 6.33. The standard InChI is InChI=1S/C28H31ClN4O5/c1-16-12-17(2)33-27(30-16)31-24(32-33)14-21-23(34)15-28(38-26(21)36,19-6-4-5-7-19)11-10-18-8-9-20(22(29)13-18)25(35)37-3/h8-9,12-13,19,21H,4-7,10-11,14-15H2,1-3H3. The van der Waals surface area contributed by atoms with E-state index in [1.165, 1.54) is 7.11 Å². The number of Topliss-reactive ketones (excluding diaryl/α,β-unsaturated/α-hetero) is 1. The summed E-state index contributed by atoms with van der Waals surface area (Å²) in [5, 5.41) is 4.78. The fourth-order valence-corrected chi connectivity index (χ4v) is 6.18. The van der Waals surface area contributed by atoms with Crippen molar-refractivity contribution >= 4 is 35.1 Å². The van der Waals surface area contributed by atoms with Gasteiger partial charge in [-0.3, -0.25) is 9.59 Å². The number of carbonyl (C=O) groups excluding carboxylic acids is 3. The quantitative estimate of drug-likeness (QED) is 0.321. The van der Waals surface area contributed by atoms with Crippen LogP contribution in [0.15, 0.2) is 24.3 Å². The molecule has 2 atom stereocenters. The molecule has 0 radical (unpaired) electrons. The van der Waals surface area contributed by atoms with Crippen molar-refractivity contribution in [2.24, 2.45) is 11.8 Å². The molecule has 1 saturated heterocycles. The number of rotatable bonds is 7. The van der Waals surface area contributed by atoms with E-state index in [-0.39, 0.29) is 24.5 Å². The molecule has 3 heterocycles. The number of hydrogen-bond donors (Lipinski definition) is 0. The van der Waals surface area contributed by atoms with Crippen LogP contribution in [-0.4, -0.2) is 50.0 Å². The van der Waals surface area contributed by atoms with Gasteiger partial charge in [0.25, 0.3) is 5.78 Å². The number of methoxy groups -OCH3 is 1. The third-order valence-electron chi connectivity index (χ3n) is 7.87. The van der Waals surface area contributed by atoms with Gasteiger partial charge in [0.15, 0.2) is 11.6 Å². The van der Waals surface area contributed by atoms with Gasteiger partial charge in [0.05, 0.1) is 17.7 Å². The second-order valence-electron chi connectivity index (χ2n) is 10.5. The molecule has 2 fully saturated rings. The molecule has 200 valence electrons. The molecule has 0 spiro atoms. The van der Waals surface area contributed by atoms with Crippen LogP contribution in [0.5, 0.6) is 0 Å². The number of aromatic nitrogens is 4. The second kappa shape index (κ2) is 10.4. The third kappa shape index (κ3) is 5.04. The molecule has 2 unspecified atom stereocenters. The monoisotopic (exact) mass is 538 g/mol. The van der Waals surface area contributed by atoms with Crippen LogP contribution in [0.3, 0.4) is 0 Å². The summed E-state index contributed by atoms with van der Waals surface area (Å²) in [5.41, 5.74) is 2.05. The lowest BCUT2D eigenvalue weighted by Gasteiger charge is -2.43. The molecular weight excluding hydrogens is 508 g/mol. The van der Waals surface area contributed by atoms with Gasteiger partial charge in [0, 0.05) is 24.2 Å². The highest BCUT2D eigenvalue weighted by Gasteiger charge is 2.51. The summed E-state index contributed by atoms with van der Waals surface area (Å²) in [6.45, 7) is 3.79. The first-order valence-electron chi connectivity index (χ1n) is 13.0. The minimum atomic E-state index is -0.933. The highest BCUT2D eigenvalue weighted by Crippen LogP contribution is 2.45. The summed E-state index contributed by atoms with van der Waals surface area (Å²) in [4.78, 5) is 47.6. The van der Waals surface area contributed by atoms with Gasteiger partial charge in [-0.1, -0.05) is 30.5 Å². The van der Waals surface area contributed by atoms with Gasteiger partial charge < -0.3 is 9.47 Å². The van der Waals surface area contributed by atoms with Crippen LogP contribution in [0.1, 0.15) is 71.7 Å². The summed E-state index contributed by atoms with van der Waals surface area (Å²) < 4.78 is 12.6. The van der Waals surface area contributed by atoms with Gasteiger partial charge in [-0.15, -0.1) is 5.10 Å². The van der Waals surface area contributed by atoms with E-state index in [4.69, 9.17) is 21.1 Å². The molecule has 1 aromatic carbocycles. The number of nitrogens with zero attached hydrogens (tertiary/aromatic N) is 4. The van der Waals surface area contributed by atoms with E-state index in [1.807, 2.05) is 26.0 Å². The normalized spacial score (nSPS) is 22.2. The molecule has 2 aliphatic rings. The van der Waals surface area contributed by atoms with E-state index in [2.05, 4.69) is 15.1 Å². The lowest BCUT2D eigenvalue weighted by Crippen LogP contribution is -2.52. The maximum Gasteiger partial charge on any atom is 0.339 e. The summed E-state index contributed by atoms with van der Waals surface area (Å²) in [7, 11) is 1.31. The smallest absolute Gasteiger partial charge is 0.339 e. The van der Waals surface area contributed by atoms with Gasteiger partial charge >= 0.3 is 11.9 Å². The molecule has 38 heavy (non-hydrogen) atoms. The number of esters is 2.